The second-order valence-corrected chi connectivity index (χ2v) is 18.3. The minimum atomic E-state index is -0.734. The van der Waals surface area contributed by atoms with Crippen LogP contribution in [0.1, 0.15) is 22.3 Å². The summed E-state index contributed by atoms with van der Waals surface area (Å²) < 4.78 is 37.0. The van der Waals surface area contributed by atoms with E-state index in [9.17, 15) is 23.2 Å². The molecule has 0 aliphatic carbocycles. The number of halogens is 4. The van der Waals surface area contributed by atoms with Gasteiger partial charge < -0.3 is 45.9 Å². The monoisotopic (exact) mass is 959 g/mol. The second kappa shape index (κ2) is 21.9. The van der Waals surface area contributed by atoms with Gasteiger partial charge in [-0.05, 0) is 85.9 Å². The van der Waals surface area contributed by atoms with E-state index >= 15 is 0 Å². The number of nitrogens with two attached hydrogens (primary N) is 2. The number of carbonyl (C=O) groups excluding carboxylic acids is 3. The number of nitrogens with one attached hydrogen (secondary N) is 1. The number of urea groups is 1. The van der Waals surface area contributed by atoms with Crippen LogP contribution in [0.3, 0.4) is 0 Å². The zero-order chi connectivity index (χ0) is 47.9. The maximum Gasteiger partial charge on any atom is 0.316 e. The summed E-state index contributed by atoms with van der Waals surface area (Å²) in [6.07, 6.45) is 6.45. The third kappa shape index (κ3) is 12.4. The average molecular weight is 961 g/mol. The van der Waals surface area contributed by atoms with Gasteiger partial charge >= 0.3 is 6.03 Å². The lowest BCUT2D eigenvalue weighted by atomic mass is 9.99. The Hall–Kier alpha value is -5.75. The van der Waals surface area contributed by atoms with E-state index in [1.807, 2.05) is 21.9 Å². The Balaban J connectivity index is 0.000000200. The number of methoxy groups -OCH3 is 2. The van der Waals surface area contributed by atoms with Gasteiger partial charge in [-0.15, -0.1) is 0 Å². The molecule has 0 spiro atoms. The molecule has 5 N–H and O–H groups in total. The van der Waals surface area contributed by atoms with Crippen molar-refractivity contribution in [2.75, 3.05) is 91.7 Å². The summed E-state index contributed by atoms with van der Waals surface area (Å²) >= 11 is 12.3. The van der Waals surface area contributed by atoms with E-state index in [1.54, 1.807) is 55.7 Å². The quantitative estimate of drug-likeness (QED) is 0.118. The fraction of sp³-hybridized carbons (Fsp3) is 0.367. The SMILES string of the molecule is COc1cc(/C=C/C(=O)N2C3CN(C)CC2CN(Cc2ccc(F)cc2)C3)c(N)cc1Cl.COc1cc(/C=C/C(=O)N2C3CN(C)CC2CN(Cc2ccc(F)cc2)C3)c(NC(N)=O)cc1Cl. The lowest BCUT2D eigenvalue weighted by molar-refractivity contribution is -0.141. The molecule has 4 aliphatic heterocycles. The van der Waals surface area contributed by atoms with Crippen LogP contribution >= 0.6 is 23.2 Å². The van der Waals surface area contributed by atoms with Crippen molar-refractivity contribution in [2.24, 2.45) is 5.73 Å². The number of hydrogen-bond donors (Lipinski definition) is 3. The van der Waals surface area contributed by atoms with E-state index in [4.69, 9.17) is 44.1 Å². The number of amides is 4. The van der Waals surface area contributed by atoms with Crippen LogP contribution in [0.4, 0.5) is 25.0 Å². The molecule has 4 saturated heterocycles. The predicted octanol–water partition coefficient (Wildman–Crippen LogP) is 6.13. The van der Waals surface area contributed by atoms with Crippen LogP contribution in [0, 0.1) is 11.6 Å². The van der Waals surface area contributed by atoms with Gasteiger partial charge in [0.15, 0.2) is 0 Å². The maximum absolute atomic E-state index is 13.3. The largest absolute Gasteiger partial charge is 0.495 e. The molecule has 4 heterocycles. The number of nitrogen functional groups attached to an aromatic ring is 1. The van der Waals surface area contributed by atoms with Gasteiger partial charge in [0.2, 0.25) is 11.8 Å². The topological polar surface area (TPSA) is 153 Å². The van der Waals surface area contributed by atoms with Crippen LogP contribution in [0.15, 0.2) is 84.9 Å². The molecule has 4 bridgehead atoms. The summed E-state index contributed by atoms with van der Waals surface area (Å²) in [6.45, 7) is 7.60. The molecular formula is C49H57Cl2F2N9O5. The first kappa shape index (κ1) is 49.2. The van der Waals surface area contributed by atoms with Gasteiger partial charge in [0.05, 0.1) is 54.1 Å². The normalized spacial score (nSPS) is 21.3. The summed E-state index contributed by atoms with van der Waals surface area (Å²) in [5.74, 6) is 0.328. The summed E-state index contributed by atoms with van der Waals surface area (Å²) in [4.78, 5) is 51.1. The standard InChI is InChI=1S/C25H29ClFN5O3.C24H28ClFN4O2/c1-30-12-19-14-31(11-16-3-6-18(27)7-4-16)15-20(13-30)32(19)24(33)8-5-17-9-23(35-2)21(26)10-22(17)29-25(28)34;1-28-12-19-14-29(11-16-3-6-18(26)7-4-16)15-20(13-28)30(19)24(31)8-5-17-9-23(32-2)21(25)10-22(17)27/h3-10,19-20H,11-15H2,1-2H3,(H3,28,29,34);3-10,19-20H,11-15,27H2,1-2H3/b2*8-5+. The molecule has 356 valence electrons. The summed E-state index contributed by atoms with van der Waals surface area (Å²) in [5, 5.41) is 3.28. The number of fused-ring (bicyclic) bond motifs is 4. The number of hydrogen-bond acceptors (Lipinski definition) is 10. The van der Waals surface area contributed by atoms with E-state index in [1.165, 1.54) is 43.5 Å². The zero-order valence-electron chi connectivity index (χ0n) is 38.0. The van der Waals surface area contributed by atoms with Gasteiger partial charge in [0.25, 0.3) is 0 Å². The van der Waals surface area contributed by atoms with Crippen LogP contribution in [-0.2, 0) is 22.7 Å². The molecule has 4 amide bonds. The highest BCUT2D eigenvalue weighted by Gasteiger charge is 2.42. The average Bonchev–Trinajstić information content (AvgIpc) is 3.26. The third-order valence-corrected chi connectivity index (χ3v) is 13.0. The van der Waals surface area contributed by atoms with Crippen LogP contribution in [-0.4, -0.2) is 152 Å². The van der Waals surface area contributed by atoms with E-state index in [0.29, 0.717) is 50.6 Å². The van der Waals surface area contributed by atoms with Gasteiger partial charge in [0.1, 0.15) is 23.1 Å². The molecule has 4 atom stereocenters. The molecule has 4 unspecified atom stereocenters. The van der Waals surface area contributed by atoms with Gasteiger partial charge in [-0.25, -0.2) is 13.6 Å². The molecule has 0 saturated carbocycles. The number of carbonyl (C=O) groups is 3. The van der Waals surface area contributed by atoms with E-state index < -0.39 is 6.03 Å². The van der Waals surface area contributed by atoms with Gasteiger partial charge in [-0.1, -0.05) is 47.5 Å². The Morgan fingerprint density at radius 3 is 1.43 bits per heavy atom. The number of likely N-dealkylation sites (N-methyl/N-ethyl adjacent to an activating group) is 2. The Labute approximate surface area is 400 Å². The molecule has 18 heteroatoms. The van der Waals surface area contributed by atoms with Crippen molar-refractivity contribution in [1.82, 2.24) is 29.4 Å². The Morgan fingerprint density at radius 2 is 1.03 bits per heavy atom. The highest BCUT2D eigenvalue weighted by Crippen LogP contribution is 2.33. The first-order valence-corrected chi connectivity index (χ1v) is 22.7. The van der Waals surface area contributed by atoms with E-state index in [-0.39, 0.29) is 47.6 Å². The predicted molar refractivity (Wildman–Crippen MR) is 259 cm³/mol. The number of primary amides is 1. The Kier molecular flexibility index (Phi) is 16.1. The number of anilines is 2. The zero-order valence-corrected chi connectivity index (χ0v) is 39.5. The van der Waals surface area contributed by atoms with Gasteiger partial charge in [-0.3, -0.25) is 19.4 Å². The van der Waals surface area contributed by atoms with Crippen LogP contribution < -0.4 is 26.3 Å². The number of rotatable bonds is 11. The minimum Gasteiger partial charge on any atom is -0.495 e. The number of benzene rings is 4. The summed E-state index contributed by atoms with van der Waals surface area (Å²) in [6, 6.07) is 19.2. The van der Waals surface area contributed by atoms with Gasteiger partial charge in [-0.2, -0.15) is 0 Å². The maximum atomic E-state index is 13.3. The van der Waals surface area contributed by atoms with Crippen molar-refractivity contribution < 1.29 is 32.6 Å². The third-order valence-electron chi connectivity index (χ3n) is 12.4. The molecule has 4 aliphatic rings. The molecule has 67 heavy (non-hydrogen) atoms. The number of piperazine rings is 4. The Morgan fingerprint density at radius 1 is 0.642 bits per heavy atom. The van der Waals surface area contributed by atoms with Crippen molar-refractivity contribution in [3.05, 3.63) is 129 Å². The number of nitrogens with zero attached hydrogens (tertiary/aromatic N) is 6. The van der Waals surface area contributed by atoms with E-state index in [2.05, 4.69) is 39.0 Å². The fourth-order valence-electron chi connectivity index (χ4n) is 9.62. The van der Waals surface area contributed by atoms with Crippen LogP contribution in [0.2, 0.25) is 10.0 Å². The highest BCUT2D eigenvalue weighted by atomic mass is 35.5. The summed E-state index contributed by atoms with van der Waals surface area (Å²) in [7, 11) is 7.19. The second-order valence-electron chi connectivity index (χ2n) is 17.5. The van der Waals surface area contributed by atoms with Crippen molar-refractivity contribution in [3.63, 3.8) is 0 Å². The van der Waals surface area contributed by atoms with Crippen molar-refractivity contribution >= 4 is 64.6 Å². The molecule has 14 nitrogen and oxygen atoms in total. The molecular weight excluding hydrogens is 903 g/mol. The molecule has 4 aromatic rings. The van der Waals surface area contributed by atoms with E-state index in [0.717, 1.165) is 70.0 Å². The first-order chi connectivity index (χ1) is 32.1. The molecule has 4 fully saturated rings. The number of ether oxygens (including phenoxy) is 2. The lowest BCUT2D eigenvalue weighted by Crippen LogP contribution is -2.68. The Bertz CT molecular complexity index is 2450. The van der Waals surface area contributed by atoms with Gasteiger partial charge in [0, 0.05) is 94.4 Å². The first-order valence-electron chi connectivity index (χ1n) is 22.0. The fourth-order valence-corrected chi connectivity index (χ4v) is 10.1. The summed E-state index contributed by atoms with van der Waals surface area (Å²) in [5.41, 5.74) is 15.6. The smallest absolute Gasteiger partial charge is 0.316 e. The molecule has 8 rings (SSSR count). The molecule has 0 radical (unpaired) electrons. The minimum absolute atomic E-state index is 0.0214. The molecule has 0 aromatic heterocycles. The van der Waals surface area contributed by atoms with Crippen LogP contribution in [0.5, 0.6) is 11.5 Å². The van der Waals surface area contributed by atoms with Crippen molar-refractivity contribution in [3.8, 4) is 11.5 Å². The lowest BCUT2D eigenvalue weighted by Gasteiger charge is -2.52. The van der Waals surface area contributed by atoms with Crippen molar-refractivity contribution in [2.45, 2.75) is 37.3 Å². The highest BCUT2D eigenvalue weighted by molar-refractivity contribution is 6.32. The van der Waals surface area contributed by atoms with Crippen LogP contribution in [0.25, 0.3) is 12.2 Å². The van der Waals surface area contributed by atoms with Crippen molar-refractivity contribution in [1.29, 1.82) is 0 Å². The molecule has 4 aromatic carbocycles.